The normalized spacial score (nSPS) is 21.5. The average Bonchev–Trinajstić information content (AvgIpc) is 2.96. The SMILES string of the molecule is Fc1ccc2c(c1CN=c1[nH]c[c-]c3nncn13)[C@@H]1C[C@@H]1O2.[W]. The number of hydrogen-bond acceptors (Lipinski definition) is 4. The molecule has 0 amide bonds. The molecule has 23 heavy (non-hydrogen) atoms. The van der Waals surface area contributed by atoms with Gasteiger partial charge in [-0.3, -0.25) is 4.40 Å². The van der Waals surface area contributed by atoms with Crippen LogP contribution in [0.25, 0.3) is 5.65 Å². The van der Waals surface area contributed by atoms with Crippen molar-refractivity contribution in [3.8, 4) is 5.75 Å². The number of aromatic nitrogens is 4. The van der Waals surface area contributed by atoms with Gasteiger partial charge in [0.15, 0.2) is 0 Å². The third-order valence-corrected chi connectivity index (χ3v) is 4.21. The molecule has 0 spiro atoms. The van der Waals surface area contributed by atoms with Crippen LogP contribution >= 0.6 is 0 Å². The Kier molecular flexibility index (Phi) is 3.34. The number of rotatable bonds is 2. The Morgan fingerprint density at radius 1 is 1.48 bits per heavy atom. The van der Waals surface area contributed by atoms with Crippen LogP contribution in [0.15, 0.2) is 29.6 Å². The van der Waals surface area contributed by atoms with E-state index in [0.717, 1.165) is 17.7 Å². The van der Waals surface area contributed by atoms with Crippen LogP contribution in [0.5, 0.6) is 5.75 Å². The van der Waals surface area contributed by atoms with E-state index < -0.39 is 0 Å². The van der Waals surface area contributed by atoms with Crippen LogP contribution < -0.4 is 10.4 Å². The van der Waals surface area contributed by atoms with Gasteiger partial charge < -0.3 is 15.8 Å². The van der Waals surface area contributed by atoms with Crippen LogP contribution in [0.2, 0.25) is 0 Å². The van der Waals surface area contributed by atoms with Gasteiger partial charge in [0, 0.05) is 38.1 Å². The summed E-state index contributed by atoms with van der Waals surface area (Å²) in [7, 11) is 0. The monoisotopic (exact) mass is 480 g/mol. The fraction of sp³-hybridized carbons (Fsp3) is 0.267. The van der Waals surface area contributed by atoms with Gasteiger partial charge in [0.2, 0.25) is 5.62 Å². The Hall–Kier alpha value is -2.01. The fourth-order valence-electron chi connectivity index (χ4n) is 3.05. The second-order valence-corrected chi connectivity index (χ2v) is 5.53. The largest absolute Gasteiger partial charge is 0.489 e. The molecule has 1 aliphatic carbocycles. The van der Waals surface area contributed by atoms with Crippen LogP contribution in [-0.2, 0) is 27.6 Å². The van der Waals surface area contributed by atoms with E-state index in [1.165, 1.54) is 6.07 Å². The van der Waals surface area contributed by atoms with Crippen LogP contribution in [0.3, 0.4) is 0 Å². The van der Waals surface area contributed by atoms with E-state index in [2.05, 4.69) is 26.2 Å². The number of H-pyrrole nitrogens is 1. The van der Waals surface area contributed by atoms with Crippen molar-refractivity contribution in [3.05, 3.63) is 53.3 Å². The minimum absolute atomic E-state index is 0. The van der Waals surface area contributed by atoms with E-state index in [-0.39, 0.29) is 39.5 Å². The summed E-state index contributed by atoms with van der Waals surface area (Å²) in [4.78, 5) is 7.46. The third kappa shape index (κ3) is 2.22. The third-order valence-electron chi connectivity index (χ3n) is 4.21. The second kappa shape index (κ2) is 5.27. The minimum Gasteiger partial charge on any atom is -0.489 e. The summed E-state index contributed by atoms with van der Waals surface area (Å²) in [5.41, 5.74) is 2.73. The van der Waals surface area contributed by atoms with Crippen molar-refractivity contribution in [1.82, 2.24) is 19.6 Å². The van der Waals surface area contributed by atoms with Gasteiger partial charge in [-0.1, -0.05) is 0 Å². The molecular formula is C15H11FN5OW-. The molecule has 0 bridgehead atoms. The summed E-state index contributed by atoms with van der Waals surface area (Å²) in [5.74, 6) is 0.896. The Labute approximate surface area is 144 Å². The zero-order valence-electron chi connectivity index (χ0n) is 11.9. The van der Waals surface area contributed by atoms with E-state index in [1.807, 2.05) is 0 Å². The van der Waals surface area contributed by atoms with Gasteiger partial charge in [-0.2, -0.15) is 11.3 Å². The number of fused-ring (bicyclic) bond motifs is 4. The fourth-order valence-corrected chi connectivity index (χ4v) is 3.05. The van der Waals surface area contributed by atoms with Gasteiger partial charge in [-0.05, 0) is 24.2 Å². The Morgan fingerprint density at radius 3 is 3.30 bits per heavy atom. The molecule has 1 aliphatic heterocycles. The molecule has 8 heteroatoms. The zero-order valence-corrected chi connectivity index (χ0v) is 14.8. The summed E-state index contributed by atoms with van der Waals surface area (Å²) in [6, 6.07) is 6.08. The smallest absolute Gasteiger partial charge is 0.204 e. The standard InChI is InChI=1S/C15H11FN5O.W/c16-10-1-2-11-14(8-5-12(8)22-11)9(10)6-18-15-17-4-3-13-20-19-7-21(13)15;/h1-2,4,7-8,12H,5-6H2,(H,17,18);/q-1;/t8-,12+;/m1./s1. The number of benzene rings is 1. The summed E-state index contributed by atoms with van der Waals surface area (Å²) >= 11 is 0. The van der Waals surface area contributed by atoms with E-state index in [9.17, 15) is 4.39 Å². The molecule has 6 nitrogen and oxygen atoms in total. The van der Waals surface area contributed by atoms with Crippen molar-refractivity contribution in [1.29, 1.82) is 0 Å². The second-order valence-electron chi connectivity index (χ2n) is 5.53. The van der Waals surface area contributed by atoms with Crippen molar-refractivity contribution < 1.29 is 30.2 Å². The first-order valence-electron chi connectivity index (χ1n) is 7.09. The molecule has 1 aromatic carbocycles. The summed E-state index contributed by atoms with van der Waals surface area (Å²) in [6.07, 6.45) is 4.38. The number of aromatic amines is 1. The van der Waals surface area contributed by atoms with Crippen LogP contribution in [0, 0.1) is 11.9 Å². The molecule has 3 aromatic rings. The number of halogens is 1. The molecule has 5 rings (SSSR count). The van der Waals surface area contributed by atoms with Crippen LogP contribution in [0.4, 0.5) is 4.39 Å². The molecule has 1 fully saturated rings. The molecular weight excluding hydrogens is 469 g/mol. The van der Waals surface area contributed by atoms with Gasteiger partial charge in [0.05, 0.1) is 6.54 Å². The van der Waals surface area contributed by atoms with Crippen molar-refractivity contribution in [2.24, 2.45) is 4.99 Å². The number of nitrogens with one attached hydrogen (secondary N) is 1. The molecule has 0 saturated heterocycles. The first kappa shape index (κ1) is 14.6. The van der Waals surface area contributed by atoms with Crippen molar-refractivity contribution in [2.75, 3.05) is 0 Å². The Bertz CT molecular complexity index is 966. The van der Waals surface area contributed by atoms with E-state index in [4.69, 9.17) is 4.74 Å². The molecule has 1 N–H and O–H groups in total. The van der Waals surface area contributed by atoms with Gasteiger partial charge >= 0.3 is 0 Å². The predicted octanol–water partition coefficient (Wildman–Crippen LogP) is 1.34. The van der Waals surface area contributed by atoms with E-state index in [0.29, 0.717) is 22.7 Å². The number of hydrogen-bond donors (Lipinski definition) is 1. The van der Waals surface area contributed by atoms with Crippen molar-refractivity contribution in [2.45, 2.75) is 25.0 Å². The molecule has 0 unspecified atom stereocenters. The molecule has 116 valence electrons. The predicted molar refractivity (Wildman–Crippen MR) is 73.6 cm³/mol. The molecule has 2 aromatic heterocycles. The van der Waals surface area contributed by atoms with E-state index in [1.54, 1.807) is 23.0 Å². The van der Waals surface area contributed by atoms with Gasteiger partial charge in [0.1, 0.15) is 24.0 Å². The van der Waals surface area contributed by atoms with E-state index >= 15 is 0 Å². The Balaban J connectivity index is 0.00000135. The number of nitrogens with zero attached hydrogens (tertiary/aromatic N) is 4. The molecule has 2 aliphatic rings. The molecule has 2 atom stereocenters. The number of ether oxygens (including phenoxy) is 1. The molecule has 3 heterocycles. The zero-order chi connectivity index (χ0) is 14.7. The summed E-state index contributed by atoms with van der Waals surface area (Å²) in [5, 5.41) is 7.73. The van der Waals surface area contributed by atoms with Crippen molar-refractivity contribution >= 4 is 5.65 Å². The van der Waals surface area contributed by atoms with Gasteiger partial charge in [0.25, 0.3) is 0 Å². The van der Waals surface area contributed by atoms with Gasteiger partial charge in [-0.25, -0.2) is 9.38 Å². The maximum Gasteiger partial charge on any atom is 0.204 e. The summed E-state index contributed by atoms with van der Waals surface area (Å²) in [6.45, 7) is 0.245. The van der Waals surface area contributed by atoms with Gasteiger partial charge in [-0.15, -0.1) is 5.10 Å². The maximum atomic E-state index is 14.2. The van der Waals surface area contributed by atoms with Crippen LogP contribution in [-0.4, -0.2) is 25.7 Å². The molecule has 1 saturated carbocycles. The Morgan fingerprint density at radius 2 is 2.39 bits per heavy atom. The summed E-state index contributed by atoms with van der Waals surface area (Å²) < 4.78 is 21.6. The average molecular weight is 480 g/mol. The van der Waals surface area contributed by atoms with Crippen molar-refractivity contribution in [3.63, 3.8) is 0 Å². The quantitative estimate of drug-likeness (QED) is 0.564. The first-order valence-corrected chi connectivity index (χ1v) is 7.09. The minimum atomic E-state index is -0.235. The maximum absolute atomic E-state index is 14.2. The molecule has 0 radical (unpaired) electrons. The van der Waals surface area contributed by atoms with Crippen LogP contribution in [0.1, 0.15) is 23.5 Å². The topological polar surface area (TPSA) is 67.6 Å². The first-order chi connectivity index (χ1) is 10.8.